The first-order chi connectivity index (χ1) is 21.1. The molecule has 2 saturated heterocycles. The predicted molar refractivity (Wildman–Crippen MR) is 171 cm³/mol. The molecule has 2 aliphatic carbocycles. The molecule has 4 heterocycles. The number of anilines is 1. The Kier molecular flexibility index (Phi) is 10.5. The fraction of sp³-hybridized carbons (Fsp3) is 0.844. The van der Waals surface area contributed by atoms with Gasteiger partial charge < -0.3 is 15.2 Å². The molecule has 11 heteroatoms. The number of hydrogen-bond acceptors (Lipinski definition) is 10. The normalized spacial score (nSPS) is 23.6. The first kappa shape index (κ1) is 30.8. The van der Waals surface area contributed by atoms with Crippen LogP contribution < -0.4 is 15.2 Å². The molecular formula is C32H55N9O2. The minimum Gasteiger partial charge on any atom is -0.468 e. The van der Waals surface area contributed by atoms with Gasteiger partial charge in [-0.25, -0.2) is 0 Å². The van der Waals surface area contributed by atoms with Crippen LogP contribution in [0.1, 0.15) is 90.1 Å². The van der Waals surface area contributed by atoms with Crippen molar-refractivity contribution in [3.05, 3.63) is 0 Å². The highest BCUT2D eigenvalue weighted by atomic mass is 16.5. The zero-order chi connectivity index (χ0) is 29.6. The van der Waals surface area contributed by atoms with Gasteiger partial charge in [-0.3, -0.25) is 24.2 Å². The molecule has 2 aromatic heterocycles. The molecule has 1 unspecified atom stereocenters. The van der Waals surface area contributed by atoms with E-state index in [1.807, 2.05) is 0 Å². The highest BCUT2D eigenvalue weighted by Crippen LogP contribution is 2.33. The third-order valence-electron chi connectivity index (χ3n) is 10.5. The number of nitrogen functional groups attached to an aromatic ring is 1. The largest absolute Gasteiger partial charge is 0.468 e. The van der Waals surface area contributed by atoms with E-state index in [0.29, 0.717) is 35.6 Å². The number of piperazine rings is 2. The summed E-state index contributed by atoms with van der Waals surface area (Å²) >= 11 is 0. The second-order valence-corrected chi connectivity index (χ2v) is 13.2. The number of unbranched alkanes of at least 4 members (excludes halogenated alkanes) is 1. The van der Waals surface area contributed by atoms with Crippen LogP contribution in [0.4, 0.5) is 5.82 Å². The van der Waals surface area contributed by atoms with Crippen LogP contribution in [0, 0.1) is 0 Å². The van der Waals surface area contributed by atoms with Crippen molar-refractivity contribution in [3.63, 3.8) is 0 Å². The summed E-state index contributed by atoms with van der Waals surface area (Å²) in [5.74, 6) is 0.343. The zero-order valence-electron chi connectivity index (χ0n) is 26.8. The van der Waals surface area contributed by atoms with Crippen LogP contribution >= 0.6 is 0 Å². The number of nitrogens with zero attached hydrogens (tertiary/aromatic N) is 8. The smallest absolute Gasteiger partial charge is 0.320 e. The second-order valence-electron chi connectivity index (χ2n) is 13.2. The van der Waals surface area contributed by atoms with E-state index >= 15 is 0 Å². The molecule has 0 amide bonds. The average Bonchev–Trinajstić information content (AvgIpc) is 3.44. The van der Waals surface area contributed by atoms with Crippen LogP contribution in [0.15, 0.2) is 0 Å². The number of nitrogens with two attached hydrogens (primary N) is 1. The summed E-state index contributed by atoms with van der Waals surface area (Å²) in [7, 11) is 1.70. The van der Waals surface area contributed by atoms with E-state index in [9.17, 15) is 0 Å². The average molecular weight is 598 g/mol. The maximum atomic E-state index is 6.45. The van der Waals surface area contributed by atoms with Crippen molar-refractivity contribution in [1.82, 2.24) is 39.1 Å². The summed E-state index contributed by atoms with van der Waals surface area (Å²) in [5.41, 5.74) is 7.74. The van der Waals surface area contributed by atoms with E-state index in [1.54, 1.807) is 7.11 Å². The van der Waals surface area contributed by atoms with Crippen molar-refractivity contribution in [2.45, 2.75) is 102 Å². The SMILES string of the molecule is CCCCOc1nc(N)c2nc(OC)n(C(CN3CCN(C4CCCCC4)CC3)N3CCN(C4CCCCC4)CC3)c2n1. The maximum absolute atomic E-state index is 6.45. The Balaban J connectivity index is 1.25. The lowest BCUT2D eigenvalue weighted by atomic mass is 9.93. The van der Waals surface area contributed by atoms with E-state index in [1.165, 1.54) is 64.2 Å². The molecule has 1 atom stereocenters. The number of ether oxygens (including phenoxy) is 2. The van der Waals surface area contributed by atoms with E-state index < -0.39 is 0 Å². The van der Waals surface area contributed by atoms with Crippen molar-refractivity contribution in [2.75, 3.05) is 78.4 Å². The third kappa shape index (κ3) is 7.21. The molecule has 0 bridgehead atoms. The summed E-state index contributed by atoms with van der Waals surface area (Å²) in [6.45, 7) is 12.4. The molecule has 2 aromatic rings. The number of imidazole rings is 1. The monoisotopic (exact) mass is 597 g/mol. The number of fused-ring (bicyclic) bond motifs is 1. The quantitative estimate of drug-likeness (QED) is 0.383. The number of rotatable bonds is 11. The fourth-order valence-corrected chi connectivity index (χ4v) is 7.93. The Morgan fingerprint density at radius 2 is 1.40 bits per heavy atom. The lowest BCUT2D eigenvalue weighted by molar-refractivity contribution is 0.00558. The molecule has 2 saturated carbocycles. The number of methoxy groups -OCH3 is 1. The van der Waals surface area contributed by atoms with Crippen LogP contribution in [0.5, 0.6) is 12.0 Å². The fourth-order valence-electron chi connectivity index (χ4n) is 7.93. The molecule has 2 aliphatic heterocycles. The van der Waals surface area contributed by atoms with Crippen LogP contribution in [0.3, 0.4) is 0 Å². The van der Waals surface area contributed by atoms with Crippen molar-refractivity contribution >= 4 is 17.0 Å². The number of aromatic nitrogens is 4. The molecule has 0 spiro atoms. The maximum Gasteiger partial charge on any atom is 0.320 e. The van der Waals surface area contributed by atoms with Gasteiger partial charge >= 0.3 is 6.01 Å². The Bertz CT molecular complexity index is 1150. The van der Waals surface area contributed by atoms with E-state index in [-0.39, 0.29) is 6.17 Å². The predicted octanol–water partition coefficient (Wildman–Crippen LogP) is 4.00. The van der Waals surface area contributed by atoms with Gasteiger partial charge in [0.15, 0.2) is 17.0 Å². The highest BCUT2D eigenvalue weighted by Gasteiger charge is 2.35. The molecular weight excluding hydrogens is 542 g/mol. The third-order valence-corrected chi connectivity index (χ3v) is 10.5. The minimum atomic E-state index is 0.0347. The van der Waals surface area contributed by atoms with E-state index in [0.717, 1.165) is 83.8 Å². The molecule has 0 radical (unpaired) electrons. The van der Waals surface area contributed by atoms with Gasteiger partial charge in [-0.15, -0.1) is 0 Å². The lowest BCUT2D eigenvalue weighted by Crippen LogP contribution is -2.56. The first-order valence-corrected chi connectivity index (χ1v) is 17.3. The lowest BCUT2D eigenvalue weighted by Gasteiger charge is -2.46. The molecule has 4 fully saturated rings. The van der Waals surface area contributed by atoms with Crippen molar-refractivity contribution in [3.8, 4) is 12.0 Å². The molecule has 2 N–H and O–H groups in total. The summed E-state index contributed by atoms with van der Waals surface area (Å²) in [6.07, 6.45) is 15.8. The molecule has 4 aliphatic rings. The van der Waals surface area contributed by atoms with Crippen LogP contribution in [-0.2, 0) is 0 Å². The van der Waals surface area contributed by atoms with Crippen LogP contribution in [0.2, 0.25) is 0 Å². The Morgan fingerprint density at radius 1 is 0.791 bits per heavy atom. The molecule has 43 heavy (non-hydrogen) atoms. The highest BCUT2D eigenvalue weighted by molar-refractivity contribution is 5.83. The summed E-state index contributed by atoms with van der Waals surface area (Å²) in [4.78, 5) is 24.9. The van der Waals surface area contributed by atoms with Crippen LogP contribution in [-0.4, -0.2) is 124 Å². The van der Waals surface area contributed by atoms with Gasteiger partial charge in [-0.2, -0.15) is 15.0 Å². The number of hydrogen-bond donors (Lipinski definition) is 1. The zero-order valence-corrected chi connectivity index (χ0v) is 26.8. The van der Waals surface area contributed by atoms with E-state index in [2.05, 4.69) is 36.1 Å². The van der Waals surface area contributed by atoms with Gasteiger partial charge in [-0.05, 0) is 32.1 Å². The molecule has 240 valence electrons. The topological polar surface area (TPSA) is 101 Å². The summed E-state index contributed by atoms with van der Waals surface area (Å²) in [5, 5.41) is 0. The standard InChI is InChI=1S/C32H55N9O2/c1-3-4-23-43-31-35-29(33)28-30(36-31)41(32(34-28)42-2)27(40-21-19-39(20-22-40)26-13-9-6-10-14-26)24-37-15-17-38(18-16-37)25-11-7-5-8-12-25/h25-27H,3-24H2,1-2H3,(H2,33,35,36). The van der Waals surface area contributed by atoms with Crippen molar-refractivity contribution in [2.24, 2.45) is 0 Å². The Hall–Kier alpha value is -2.21. The van der Waals surface area contributed by atoms with Gasteiger partial charge in [0.2, 0.25) is 0 Å². The molecule has 11 nitrogen and oxygen atoms in total. The summed E-state index contributed by atoms with van der Waals surface area (Å²) in [6, 6.07) is 2.40. The molecule has 0 aromatic carbocycles. The van der Waals surface area contributed by atoms with Crippen molar-refractivity contribution in [1.29, 1.82) is 0 Å². The van der Waals surface area contributed by atoms with E-state index in [4.69, 9.17) is 25.2 Å². The Morgan fingerprint density at radius 3 is 1.98 bits per heavy atom. The first-order valence-electron chi connectivity index (χ1n) is 17.3. The van der Waals surface area contributed by atoms with Gasteiger partial charge in [0.1, 0.15) is 6.17 Å². The van der Waals surface area contributed by atoms with Crippen LogP contribution in [0.25, 0.3) is 11.2 Å². The van der Waals surface area contributed by atoms with Gasteiger partial charge in [0, 0.05) is 71.0 Å². The second kappa shape index (κ2) is 14.7. The molecule has 6 rings (SSSR count). The summed E-state index contributed by atoms with van der Waals surface area (Å²) < 4.78 is 14.0. The van der Waals surface area contributed by atoms with Gasteiger partial charge in [0.05, 0.1) is 13.7 Å². The Labute approximate surface area is 258 Å². The van der Waals surface area contributed by atoms with Gasteiger partial charge in [-0.1, -0.05) is 51.9 Å². The van der Waals surface area contributed by atoms with Gasteiger partial charge in [0.25, 0.3) is 6.01 Å². The minimum absolute atomic E-state index is 0.0347. The van der Waals surface area contributed by atoms with Crippen molar-refractivity contribution < 1.29 is 9.47 Å².